The van der Waals surface area contributed by atoms with Gasteiger partial charge in [0.05, 0.1) is 11.7 Å². The summed E-state index contributed by atoms with van der Waals surface area (Å²) in [6.45, 7) is 2.89. The van der Waals surface area contributed by atoms with Crippen molar-refractivity contribution in [3.63, 3.8) is 0 Å². The van der Waals surface area contributed by atoms with E-state index in [0.29, 0.717) is 10.8 Å². The van der Waals surface area contributed by atoms with Crippen LogP contribution >= 0.6 is 11.6 Å². The summed E-state index contributed by atoms with van der Waals surface area (Å²) in [4.78, 5) is 8.14. The van der Waals surface area contributed by atoms with Gasteiger partial charge in [0.25, 0.3) is 0 Å². The van der Waals surface area contributed by atoms with Crippen molar-refractivity contribution in [1.29, 1.82) is 0 Å². The molecule has 31 heavy (non-hydrogen) atoms. The third-order valence-electron chi connectivity index (χ3n) is 5.84. The van der Waals surface area contributed by atoms with Crippen molar-refractivity contribution in [1.82, 2.24) is 35.0 Å². The van der Waals surface area contributed by atoms with Gasteiger partial charge in [-0.25, -0.2) is 0 Å². The van der Waals surface area contributed by atoms with Crippen molar-refractivity contribution >= 4 is 23.8 Å². The van der Waals surface area contributed by atoms with E-state index in [1.54, 1.807) is 0 Å². The van der Waals surface area contributed by atoms with Gasteiger partial charge in [-0.3, -0.25) is 9.56 Å². The van der Waals surface area contributed by atoms with Crippen LogP contribution in [-0.2, 0) is 7.05 Å². The Morgan fingerprint density at radius 3 is 2.87 bits per heavy atom. The second-order valence-electron chi connectivity index (χ2n) is 8.00. The Morgan fingerprint density at radius 2 is 2.03 bits per heavy atom. The van der Waals surface area contributed by atoms with E-state index in [-0.39, 0.29) is 12.0 Å². The van der Waals surface area contributed by atoms with E-state index in [1.165, 1.54) is 4.80 Å². The number of piperidine rings is 1. The van der Waals surface area contributed by atoms with Gasteiger partial charge in [0.15, 0.2) is 5.82 Å². The fraction of sp³-hybridized carbons (Fsp3) is 0.429. The molecule has 2 atom stereocenters. The zero-order chi connectivity index (χ0) is 21.4. The maximum atomic E-state index is 6.12. The Bertz CT molecular complexity index is 1150. The summed E-state index contributed by atoms with van der Waals surface area (Å²) < 4.78 is 2.09. The molecule has 2 aromatic heterocycles. The molecule has 5 rings (SSSR count). The molecule has 1 saturated heterocycles. The maximum Gasteiger partial charge on any atom is 0.227 e. The number of aliphatic imine (C=N–C) groups is 1. The van der Waals surface area contributed by atoms with Gasteiger partial charge in [-0.2, -0.15) is 0 Å². The van der Waals surface area contributed by atoms with Crippen LogP contribution in [0.3, 0.4) is 0 Å². The lowest BCUT2D eigenvalue weighted by Gasteiger charge is -2.34. The average molecular weight is 438 g/mol. The molecule has 0 aliphatic carbocycles. The molecule has 2 unspecified atom stereocenters. The number of hydrogen-bond donors (Lipinski definition) is 0. The number of anilines is 1. The van der Waals surface area contributed by atoms with E-state index >= 15 is 0 Å². The predicted octanol–water partition coefficient (Wildman–Crippen LogP) is 3.64. The largest absolute Gasteiger partial charge is 0.331 e. The van der Waals surface area contributed by atoms with Crippen molar-refractivity contribution in [3.05, 3.63) is 52.7 Å². The summed E-state index contributed by atoms with van der Waals surface area (Å²) in [6, 6.07) is 7.44. The molecule has 0 N–H and O–H groups in total. The molecule has 2 aliphatic heterocycles. The first-order valence-corrected chi connectivity index (χ1v) is 10.9. The maximum absolute atomic E-state index is 6.12. The monoisotopic (exact) mass is 437 g/mol. The highest BCUT2D eigenvalue weighted by Gasteiger charge is 2.32. The van der Waals surface area contributed by atoms with Crippen molar-refractivity contribution in [3.8, 4) is 5.69 Å². The number of allylic oxidation sites excluding steroid dienone is 2. The Morgan fingerprint density at radius 1 is 1.13 bits per heavy atom. The molecule has 0 amide bonds. The SMILES string of the molecule is CC1=CC(c2nnc(N3CCCCC3c3nnn(-c4cccc(Cl)c4)n3)n2C)CC=N1. The minimum atomic E-state index is 0.00244. The van der Waals surface area contributed by atoms with Crippen molar-refractivity contribution in [2.45, 2.75) is 44.6 Å². The van der Waals surface area contributed by atoms with Crippen LogP contribution in [0.15, 0.2) is 41.0 Å². The average Bonchev–Trinajstić information content (AvgIpc) is 3.41. The second kappa shape index (κ2) is 8.22. The first-order valence-electron chi connectivity index (χ1n) is 10.5. The Labute approximate surface area is 185 Å². The highest BCUT2D eigenvalue weighted by atomic mass is 35.5. The number of aromatic nitrogens is 7. The zero-order valence-electron chi connectivity index (χ0n) is 17.6. The minimum Gasteiger partial charge on any atom is -0.331 e. The summed E-state index contributed by atoms with van der Waals surface area (Å²) in [7, 11) is 2.03. The molecule has 1 aromatic carbocycles. The fourth-order valence-electron chi connectivity index (χ4n) is 4.31. The molecule has 0 bridgehead atoms. The number of tetrazole rings is 1. The van der Waals surface area contributed by atoms with E-state index in [9.17, 15) is 0 Å². The lowest BCUT2D eigenvalue weighted by Crippen LogP contribution is -2.36. The summed E-state index contributed by atoms with van der Waals surface area (Å²) >= 11 is 6.12. The highest BCUT2D eigenvalue weighted by Crippen LogP contribution is 2.34. The number of nitrogens with zero attached hydrogens (tertiary/aromatic N) is 9. The second-order valence-corrected chi connectivity index (χ2v) is 8.44. The van der Waals surface area contributed by atoms with Crippen molar-refractivity contribution in [2.24, 2.45) is 12.0 Å². The van der Waals surface area contributed by atoms with Crippen molar-refractivity contribution in [2.75, 3.05) is 11.4 Å². The Kier molecular flexibility index (Phi) is 5.27. The smallest absolute Gasteiger partial charge is 0.227 e. The summed E-state index contributed by atoms with van der Waals surface area (Å²) in [5.74, 6) is 2.66. The number of rotatable bonds is 4. The molecule has 10 heteroatoms. The molecule has 3 aromatic rings. The number of hydrogen-bond acceptors (Lipinski definition) is 7. The fourth-order valence-corrected chi connectivity index (χ4v) is 4.49. The van der Waals surface area contributed by atoms with Crippen LogP contribution in [0.1, 0.15) is 56.2 Å². The van der Waals surface area contributed by atoms with Gasteiger partial charge in [-0.15, -0.1) is 25.2 Å². The molecule has 0 saturated carbocycles. The molecule has 4 heterocycles. The van der Waals surface area contributed by atoms with E-state index in [1.807, 2.05) is 44.5 Å². The van der Waals surface area contributed by atoms with Crippen LogP contribution in [0.5, 0.6) is 0 Å². The number of benzene rings is 1. The van der Waals surface area contributed by atoms with Crippen molar-refractivity contribution < 1.29 is 0 Å². The van der Waals surface area contributed by atoms with Crippen LogP contribution in [0.2, 0.25) is 5.02 Å². The highest BCUT2D eigenvalue weighted by molar-refractivity contribution is 6.30. The topological polar surface area (TPSA) is 89.9 Å². The third-order valence-corrected chi connectivity index (χ3v) is 6.07. The first-order chi connectivity index (χ1) is 15.1. The standard InChI is InChI=1S/C21H24ClN9/c1-14-12-15(9-10-23-14)20-25-26-21(29(20)2)30-11-4-3-8-18(30)19-24-28-31(27-19)17-7-5-6-16(22)13-17/h5-7,10,12-13,15,18H,3-4,8-9,11H2,1-2H3. The van der Waals surface area contributed by atoms with Crippen LogP contribution in [0.4, 0.5) is 5.95 Å². The zero-order valence-corrected chi connectivity index (χ0v) is 18.3. The van der Waals surface area contributed by atoms with E-state index in [0.717, 1.165) is 55.4 Å². The van der Waals surface area contributed by atoms with E-state index < -0.39 is 0 Å². The van der Waals surface area contributed by atoms with E-state index in [2.05, 4.69) is 46.1 Å². The molecule has 0 spiro atoms. The summed E-state index contributed by atoms with van der Waals surface area (Å²) in [6.07, 6.45) is 8.09. The summed E-state index contributed by atoms with van der Waals surface area (Å²) in [5, 5.41) is 23.0. The van der Waals surface area contributed by atoms with Gasteiger partial charge >= 0.3 is 0 Å². The van der Waals surface area contributed by atoms with Gasteiger partial charge in [0.1, 0.15) is 5.82 Å². The van der Waals surface area contributed by atoms with Crippen LogP contribution < -0.4 is 4.90 Å². The summed E-state index contributed by atoms with van der Waals surface area (Å²) in [5.41, 5.74) is 1.80. The van der Waals surface area contributed by atoms with Gasteiger partial charge < -0.3 is 4.90 Å². The molecular weight excluding hydrogens is 414 g/mol. The van der Waals surface area contributed by atoms with Gasteiger partial charge in [-0.1, -0.05) is 23.7 Å². The molecular formula is C21H24ClN9. The van der Waals surface area contributed by atoms with Crippen LogP contribution in [0.25, 0.3) is 5.69 Å². The number of halogens is 1. The van der Waals surface area contributed by atoms with Gasteiger partial charge in [0.2, 0.25) is 5.95 Å². The quantitative estimate of drug-likeness (QED) is 0.619. The molecule has 9 nitrogen and oxygen atoms in total. The minimum absolute atomic E-state index is 0.00244. The lowest BCUT2D eigenvalue weighted by atomic mass is 10.0. The van der Waals surface area contributed by atoms with Crippen LogP contribution in [0, 0.1) is 0 Å². The molecule has 2 aliphatic rings. The first kappa shape index (κ1) is 19.9. The Balaban J connectivity index is 1.44. The normalized spacial score (nSPS) is 21.4. The third kappa shape index (κ3) is 3.85. The predicted molar refractivity (Wildman–Crippen MR) is 119 cm³/mol. The molecule has 1 fully saturated rings. The molecule has 0 radical (unpaired) electrons. The van der Waals surface area contributed by atoms with E-state index in [4.69, 9.17) is 11.6 Å². The van der Waals surface area contributed by atoms with Gasteiger partial charge in [-0.05, 0) is 56.0 Å². The van der Waals surface area contributed by atoms with Gasteiger partial charge in [0, 0.05) is 36.4 Å². The Hall–Kier alpha value is -3.07. The molecule has 160 valence electrons. The van der Waals surface area contributed by atoms with Crippen LogP contribution in [-0.4, -0.2) is 47.7 Å². The lowest BCUT2D eigenvalue weighted by molar-refractivity contribution is 0.444.